The van der Waals surface area contributed by atoms with Crippen LogP contribution in [0.2, 0.25) is 0 Å². The average molecular weight is 265 g/mol. The molecule has 0 saturated heterocycles. The Morgan fingerprint density at radius 2 is 2.00 bits per heavy atom. The van der Waals surface area contributed by atoms with E-state index in [2.05, 4.69) is 0 Å². The van der Waals surface area contributed by atoms with Crippen molar-refractivity contribution in [1.29, 1.82) is 0 Å². The number of thiophene rings is 1. The minimum absolute atomic E-state index is 0.203. The highest BCUT2D eigenvalue weighted by Crippen LogP contribution is 2.33. The topological polar surface area (TPSA) is 63.3 Å². The Morgan fingerprint density at radius 1 is 1.35 bits per heavy atom. The van der Waals surface area contributed by atoms with E-state index in [1.165, 1.54) is 16.2 Å². The van der Waals surface area contributed by atoms with Gasteiger partial charge in [-0.2, -0.15) is 0 Å². The zero-order chi connectivity index (χ0) is 12.4. The molecule has 0 fully saturated rings. The Bertz CT molecular complexity index is 546. The third-order valence-corrected chi connectivity index (χ3v) is 4.26. The first kappa shape index (κ1) is 12.0. The molecule has 17 heavy (non-hydrogen) atoms. The van der Waals surface area contributed by atoms with Gasteiger partial charge in [0, 0.05) is 9.77 Å². The summed E-state index contributed by atoms with van der Waals surface area (Å²) in [6.07, 6.45) is 2.01. The van der Waals surface area contributed by atoms with Crippen molar-refractivity contribution in [2.75, 3.05) is 12.0 Å². The van der Waals surface area contributed by atoms with Gasteiger partial charge in [0.15, 0.2) is 0 Å². The summed E-state index contributed by atoms with van der Waals surface area (Å²) in [6.45, 7) is 0. The molecule has 0 bridgehead atoms. The lowest BCUT2D eigenvalue weighted by Crippen LogP contribution is -1.96. The number of anilines is 1. The monoisotopic (exact) mass is 265 g/mol. The van der Waals surface area contributed by atoms with E-state index in [1.807, 2.05) is 30.5 Å². The molecule has 3 N–H and O–H groups in total. The predicted molar refractivity (Wildman–Crippen MR) is 72.9 cm³/mol. The minimum atomic E-state index is -0.973. The molecule has 88 valence electrons. The second kappa shape index (κ2) is 4.81. The number of benzene rings is 1. The molecule has 0 aliphatic heterocycles. The Kier molecular flexibility index (Phi) is 3.40. The second-order valence-corrected chi connectivity index (χ2v) is 5.36. The fourth-order valence-electron chi connectivity index (χ4n) is 1.47. The van der Waals surface area contributed by atoms with Crippen LogP contribution in [0.1, 0.15) is 9.67 Å². The van der Waals surface area contributed by atoms with Crippen molar-refractivity contribution in [2.24, 2.45) is 0 Å². The van der Waals surface area contributed by atoms with Crippen LogP contribution in [-0.2, 0) is 0 Å². The summed E-state index contributed by atoms with van der Waals surface area (Å²) in [5.41, 5.74) is 6.98. The Hall–Kier alpha value is -1.46. The van der Waals surface area contributed by atoms with Gasteiger partial charge in [-0.15, -0.1) is 23.1 Å². The minimum Gasteiger partial charge on any atom is -0.477 e. The summed E-state index contributed by atoms with van der Waals surface area (Å²) in [5.74, 6) is -0.973. The summed E-state index contributed by atoms with van der Waals surface area (Å²) in [6, 6.07) is 9.68. The third-order valence-electron chi connectivity index (χ3n) is 2.33. The average Bonchev–Trinajstić information content (AvgIpc) is 2.71. The van der Waals surface area contributed by atoms with E-state index in [9.17, 15) is 4.79 Å². The largest absolute Gasteiger partial charge is 0.477 e. The van der Waals surface area contributed by atoms with Gasteiger partial charge in [0.2, 0.25) is 0 Å². The number of rotatable bonds is 3. The molecular weight excluding hydrogens is 254 g/mol. The van der Waals surface area contributed by atoms with Crippen molar-refractivity contribution < 1.29 is 9.90 Å². The van der Waals surface area contributed by atoms with E-state index >= 15 is 0 Å². The van der Waals surface area contributed by atoms with Gasteiger partial charge in [0.05, 0.1) is 5.69 Å². The first-order valence-corrected chi connectivity index (χ1v) is 6.93. The first-order valence-electron chi connectivity index (χ1n) is 4.89. The van der Waals surface area contributed by atoms with Crippen molar-refractivity contribution >= 4 is 34.8 Å². The van der Waals surface area contributed by atoms with E-state index in [4.69, 9.17) is 10.8 Å². The number of nitrogen functional groups attached to an aromatic ring is 1. The summed E-state index contributed by atoms with van der Waals surface area (Å²) in [4.78, 5) is 13.2. The highest BCUT2D eigenvalue weighted by Gasteiger charge is 2.13. The van der Waals surface area contributed by atoms with E-state index < -0.39 is 5.97 Å². The van der Waals surface area contributed by atoms with Crippen molar-refractivity contribution in [2.45, 2.75) is 4.90 Å². The lowest BCUT2D eigenvalue weighted by atomic mass is 10.2. The van der Waals surface area contributed by atoms with Crippen molar-refractivity contribution in [1.82, 2.24) is 0 Å². The van der Waals surface area contributed by atoms with Crippen LogP contribution in [-0.4, -0.2) is 17.3 Å². The van der Waals surface area contributed by atoms with E-state index in [0.717, 1.165) is 10.4 Å². The van der Waals surface area contributed by atoms with Gasteiger partial charge in [-0.05, 0) is 30.0 Å². The van der Waals surface area contributed by atoms with Gasteiger partial charge < -0.3 is 10.8 Å². The van der Waals surface area contributed by atoms with E-state index in [1.54, 1.807) is 17.8 Å². The van der Waals surface area contributed by atoms with Crippen LogP contribution in [0, 0.1) is 0 Å². The van der Waals surface area contributed by atoms with Crippen molar-refractivity contribution in [3.8, 4) is 10.4 Å². The van der Waals surface area contributed by atoms with E-state index in [0.29, 0.717) is 5.69 Å². The van der Waals surface area contributed by atoms with Crippen LogP contribution in [0.25, 0.3) is 10.4 Å². The van der Waals surface area contributed by atoms with Crippen LogP contribution in [0.4, 0.5) is 5.69 Å². The Balaban J connectivity index is 2.39. The molecule has 2 aromatic rings. The number of carboxylic acid groups (broad SMARTS) is 1. The van der Waals surface area contributed by atoms with Gasteiger partial charge in [-0.1, -0.05) is 12.1 Å². The quantitative estimate of drug-likeness (QED) is 0.835. The lowest BCUT2D eigenvalue weighted by molar-refractivity contribution is 0.0703. The summed E-state index contributed by atoms with van der Waals surface area (Å²) in [5, 5.41) is 8.94. The lowest BCUT2D eigenvalue weighted by Gasteiger charge is -1.98. The van der Waals surface area contributed by atoms with Gasteiger partial charge in [0.1, 0.15) is 4.88 Å². The van der Waals surface area contributed by atoms with E-state index in [-0.39, 0.29) is 4.88 Å². The zero-order valence-electron chi connectivity index (χ0n) is 9.14. The molecule has 0 aliphatic carbocycles. The highest BCUT2D eigenvalue weighted by atomic mass is 32.2. The maximum atomic E-state index is 10.9. The molecule has 0 amide bonds. The fourth-order valence-corrected chi connectivity index (χ4v) is 2.80. The molecule has 5 heteroatoms. The molecule has 0 saturated carbocycles. The fraction of sp³-hybridized carbons (Fsp3) is 0.0833. The van der Waals surface area contributed by atoms with Crippen molar-refractivity contribution in [3.63, 3.8) is 0 Å². The maximum absolute atomic E-state index is 10.9. The SMILES string of the molecule is CSc1ccc(-c2cc(N)c(C(=O)O)s2)cc1. The molecule has 0 unspecified atom stereocenters. The highest BCUT2D eigenvalue weighted by molar-refractivity contribution is 7.98. The summed E-state index contributed by atoms with van der Waals surface area (Å²) in [7, 11) is 0. The third kappa shape index (κ3) is 2.45. The van der Waals surface area contributed by atoms with Gasteiger partial charge in [-0.3, -0.25) is 0 Å². The molecule has 1 aromatic heterocycles. The molecule has 1 heterocycles. The first-order chi connectivity index (χ1) is 8.11. The molecule has 3 nitrogen and oxygen atoms in total. The van der Waals surface area contributed by atoms with Crippen LogP contribution in [0.5, 0.6) is 0 Å². The smallest absolute Gasteiger partial charge is 0.348 e. The standard InChI is InChI=1S/C12H11NO2S2/c1-16-8-4-2-7(3-5-8)10-6-9(13)11(17-10)12(14)15/h2-6H,13H2,1H3,(H,14,15). The summed E-state index contributed by atoms with van der Waals surface area (Å²) < 4.78 is 0. The second-order valence-electron chi connectivity index (χ2n) is 3.43. The molecule has 0 atom stereocenters. The molecule has 2 rings (SSSR count). The zero-order valence-corrected chi connectivity index (χ0v) is 10.8. The molecule has 0 aliphatic rings. The molecule has 0 spiro atoms. The normalized spacial score (nSPS) is 10.4. The number of hydrogen-bond donors (Lipinski definition) is 2. The van der Waals surface area contributed by atoms with Gasteiger partial charge in [0.25, 0.3) is 0 Å². The Morgan fingerprint density at radius 3 is 2.47 bits per heavy atom. The molecular formula is C12H11NO2S2. The molecule has 1 aromatic carbocycles. The van der Waals surface area contributed by atoms with Crippen LogP contribution in [0.3, 0.4) is 0 Å². The summed E-state index contributed by atoms with van der Waals surface area (Å²) >= 11 is 2.87. The number of nitrogens with two attached hydrogens (primary N) is 1. The van der Waals surface area contributed by atoms with Crippen LogP contribution >= 0.6 is 23.1 Å². The van der Waals surface area contributed by atoms with Crippen LogP contribution < -0.4 is 5.73 Å². The predicted octanol–water partition coefficient (Wildman–Crippen LogP) is 3.42. The van der Waals surface area contributed by atoms with Crippen LogP contribution in [0.15, 0.2) is 35.2 Å². The van der Waals surface area contributed by atoms with Gasteiger partial charge in [-0.25, -0.2) is 4.79 Å². The number of aromatic carboxylic acids is 1. The van der Waals surface area contributed by atoms with Gasteiger partial charge >= 0.3 is 5.97 Å². The number of thioether (sulfide) groups is 1. The van der Waals surface area contributed by atoms with Crippen molar-refractivity contribution in [3.05, 3.63) is 35.2 Å². The number of carboxylic acids is 1. The number of carbonyl (C=O) groups is 1. The number of hydrogen-bond acceptors (Lipinski definition) is 4. The maximum Gasteiger partial charge on any atom is 0.348 e. The molecule has 0 radical (unpaired) electrons. The Labute approximate surface area is 107 Å².